The van der Waals surface area contributed by atoms with E-state index in [1.165, 1.54) is 16.0 Å². The summed E-state index contributed by atoms with van der Waals surface area (Å²) >= 11 is 6.88. The van der Waals surface area contributed by atoms with Crippen molar-refractivity contribution >= 4 is 46.3 Å². The Labute approximate surface area is 185 Å². The lowest BCUT2D eigenvalue weighted by atomic mass is 10.1. The zero-order valence-corrected chi connectivity index (χ0v) is 18.8. The van der Waals surface area contributed by atoms with Crippen LogP contribution in [-0.4, -0.2) is 15.7 Å². The summed E-state index contributed by atoms with van der Waals surface area (Å²) < 4.78 is 2.19. The highest BCUT2D eigenvalue weighted by atomic mass is 35.5. The van der Waals surface area contributed by atoms with E-state index in [0.717, 1.165) is 34.4 Å². The van der Waals surface area contributed by atoms with Crippen molar-refractivity contribution < 1.29 is 9.59 Å². The van der Waals surface area contributed by atoms with Gasteiger partial charge in [-0.25, -0.2) is 4.90 Å². The molecule has 0 aliphatic carbocycles. The molecule has 4 nitrogen and oxygen atoms in total. The molecule has 1 aromatic heterocycles. The second-order valence-electron chi connectivity index (χ2n) is 7.37. The van der Waals surface area contributed by atoms with Crippen molar-refractivity contribution in [2.75, 3.05) is 4.90 Å². The molecule has 0 bridgehead atoms. The molecule has 2 amide bonds. The first-order valence-electron chi connectivity index (χ1n) is 9.57. The summed E-state index contributed by atoms with van der Waals surface area (Å²) in [4.78, 5) is 27.1. The molecule has 0 N–H and O–H groups in total. The van der Waals surface area contributed by atoms with Crippen molar-refractivity contribution in [2.45, 2.75) is 27.7 Å². The van der Waals surface area contributed by atoms with Crippen LogP contribution in [0.5, 0.6) is 0 Å². The quantitative estimate of drug-likeness (QED) is 0.434. The number of hydrogen-bond acceptors (Lipinski definition) is 3. The van der Waals surface area contributed by atoms with Gasteiger partial charge in [0, 0.05) is 22.1 Å². The molecule has 0 unspecified atom stereocenters. The van der Waals surface area contributed by atoms with Crippen LogP contribution in [0.4, 0.5) is 10.5 Å². The summed E-state index contributed by atoms with van der Waals surface area (Å²) in [6.07, 6.45) is 1.81. The molecule has 0 spiro atoms. The zero-order valence-electron chi connectivity index (χ0n) is 17.2. The fraction of sp³-hybridized carbons (Fsp3) is 0.167. The minimum absolute atomic E-state index is 0.308. The Hall–Kier alpha value is -2.76. The Kier molecular flexibility index (Phi) is 5.35. The minimum atomic E-state index is -0.316. The van der Waals surface area contributed by atoms with Crippen LogP contribution in [0.3, 0.4) is 0 Å². The number of amides is 2. The number of carbonyl (C=O) groups excluding carboxylic acids is 2. The van der Waals surface area contributed by atoms with Crippen molar-refractivity contribution in [3.63, 3.8) is 0 Å². The van der Waals surface area contributed by atoms with Gasteiger partial charge in [0.1, 0.15) is 0 Å². The van der Waals surface area contributed by atoms with Crippen molar-refractivity contribution in [1.29, 1.82) is 0 Å². The highest BCUT2D eigenvalue weighted by Gasteiger charge is 2.36. The van der Waals surface area contributed by atoms with E-state index >= 15 is 0 Å². The highest BCUT2D eigenvalue weighted by molar-refractivity contribution is 8.19. The van der Waals surface area contributed by atoms with Crippen molar-refractivity contribution in [3.05, 3.63) is 86.5 Å². The standard InChI is InChI=1S/C24H21ClN2O2S/c1-14-6-5-7-21(16(14)3)26-15(2)12-18(17(26)4)13-22-23(28)27(24(29)30-22)20-10-8-19(25)9-11-20/h5-13H,1-4H3/b22-13+. The van der Waals surface area contributed by atoms with E-state index in [1.54, 1.807) is 24.3 Å². The van der Waals surface area contributed by atoms with Gasteiger partial charge in [0.15, 0.2) is 0 Å². The summed E-state index contributed by atoms with van der Waals surface area (Å²) in [7, 11) is 0. The number of benzene rings is 2. The van der Waals surface area contributed by atoms with E-state index < -0.39 is 0 Å². The molecule has 1 aliphatic rings. The maximum absolute atomic E-state index is 13.0. The third kappa shape index (κ3) is 3.48. The van der Waals surface area contributed by atoms with Gasteiger partial charge in [0.2, 0.25) is 0 Å². The predicted octanol–water partition coefficient (Wildman–Crippen LogP) is 6.61. The molecule has 152 valence electrons. The lowest BCUT2D eigenvalue weighted by molar-refractivity contribution is -0.113. The van der Waals surface area contributed by atoms with E-state index in [0.29, 0.717) is 15.6 Å². The van der Waals surface area contributed by atoms with Crippen LogP contribution < -0.4 is 4.90 Å². The second kappa shape index (κ2) is 7.82. The summed E-state index contributed by atoms with van der Waals surface area (Å²) in [6.45, 7) is 8.29. The number of hydrogen-bond donors (Lipinski definition) is 0. The van der Waals surface area contributed by atoms with Crippen LogP contribution in [0, 0.1) is 27.7 Å². The molecule has 1 fully saturated rings. The minimum Gasteiger partial charge on any atom is -0.318 e. The summed E-state index contributed by atoms with van der Waals surface area (Å²) in [5.74, 6) is -0.316. The molecule has 3 aromatic rings. The van der Waals surface area contributed by atoms with Gasteiger partial charge in [0.05, 0.1) is 10.6 Å². The number of aromatic nitrogens is 1. The fourth-order valence-electron chi connectivity index (χ4n) is 3.70. The van der Waals surface area contributed by atoms with E-state index in [9.17, 15) is 9.59 Å². The molecule has 6 heteroatoms. The first-order valence-corrected chi connectivity index (χ1v) is 10.8. The number of aryl methyl sites for hydroxylation is 2. The number of anilines is 1. The van der Waals surface area contributed by atoms with Gasteiger partial charge in [0.25, 0.3) is 11.1 Å². The van der Waals surface area contributed by atoms with Gasteiger partial charge >= 0.3 is 0 Å². The molecular formula is C24H21ClN2O2S. The Morgan fingerprint density at radius 2 is 1.67 bits per heavy atom. The topological polar surface area (TPSA) is 42.3 Å². The molecule has 2 heterocycles. The van der Waals surface area contributed by atoms with E-state index in [1.807, 2.05) is 32.1 Å². The van der Waals surface area contributed by atoms with Crippen LogP contribution >= 0.6 is 23.4 Å². The molecule has 30 heavy (non-hydrogen) atoms. The van der Waals surface area contributed by atoms with Gasteiger partial charge in [-0.2, -0.15) is 0 Å². The number of carbonyl (C=O) groups is 2. The van der Waals surface area contributed by atoms with Gasteiger partial charge in [-0.05, 0) is 98.6 Å². The molecule has 4 rings (SSSR count). The Bertz CT molecular complexity index is 1210. The second-order valence-corrected chi connectivity index (χ2v) is 8.80. The Morgan fingerprint density at radius 1 is 0.967 bits per heavy atom. The molecule has 0 atom stereocenters. The fourth-order valence-corrected chi connectivity index (χ4v) is 4.66. The SMILES string of the molecule is Cc1cccc(-n2c(C)cc(/C=C3/SC(=O)N(c4ccc(Cl)cc4)C3=O)c2C)c1C. The zero-order chi connectivity index (χ0) is 21.6. The van der Waals surface area contributed by atoms with Gasteiger partial charge in [-0.1, -0.05) is 23.7 Å². The average Bonchev–Trinajstić information content (AvgIpc) is 3.14. The van der Waals surface area contributed by atoms with Crippen LogP contribution in [0.25, 0.3) is 11.8 Å². The first kappa shape index (κ1) is 20.5. The maximum Gasteiger partial charge on any atom is 0.298 e. The summed E-state index contributed by atoms with van der Waals surface area (Å²) in [5, 5.41) is 0.247. The lowest BCUT2D eigenvalue weighted by Gasteiger charge is -2.14. The van der Waals surface area contributed by atoms with E-state index in [4.69, 9.17) is 11.6 Å². The number of halogens is 1. The molecule has 0 radical (unpaired) electrons. The largest absolute Gasteiger partial charge is 0.318 e. The van der Waals surface area contributed by atoms with Crippen LogP contribution in [0.2, 0.25) is 5.02 Å². The van der Waals surface area contributed by atoms with Crippen LogP contribution in [0.1, 0.15) is 28.1 Å². The summed E-state index contributed by atoms with van der Waals surface area (Å²) in [5.41, 5.74) is 7.11. The van der Waals surface area contributed by atoms with Crippen LogP contribution in [0.15, 0.2) is 53.4 Å². The molecule has 1 saturated heterocycles. The molecule has 2 aromatic carbocycles. The van der Waals surface area contributed by atoms with Crippen molar-refractivity contribution in [1.82, 2.24) is 4.57 Å². The van der Waals surface area contributed by atoms with Crippen LogP contribution in [-0.2, 0) is 4.79 Å². The predicted molar refractivity (Wildman–Crippen MR) is 125 cm³/mol. The first-order chi connectivity index (χ1) is 14.3. The Balaban J connectivity index is 1.72. The monoisotopic (exact) mass is 436 g/mol. The van der Waals surface area contributed by atoms with Gasteiger partial charge in [-0.15, -0.1) is 0 Å². The summed E-state index contributed by atoms with van der Waals surface area (Å²) in [6, 6.07) is 15.0. The van der Waals surface area contributed by atoms with E-state index in [2.05, 4.69) is 30.5 Å². The maximum atomic E-state index is 13.0. The van der Waals surface area contributed by atoms with Gasteiger partial charge < -0.3 is 4.57 Å². The molecule has 1 aliphatic heterocycles. The molecular weight excluding hydrogens is 416 g/mol. The average molecular weight is 437 g/mol. The molecule has 0 saturated carbocycles. The number of thioether (sulfide) groups is 1. The van der Waals surface area contributed by atoms with Crippen molar-refractivity contribution in [3.8, 4) is 5.69 Å². The lowest BCUT2D eigenvalue weighted by Crippen LogP contribution is -2.27. The highest BCUT2D eigenvalue weighted by Crippen LogP contribution is 2.37. The number of nitrogens with zero attached hydrogens (tertiary/aromatic N) is 2. The smallest absolute Gasteiger partial charge is 0.298 e. The Morgan fingerprint density at radius 3 is 2.37 bits per heavy atom. The number of imide groups is 1. The third-order valence-corrected chi connectivity index (χ3v) is 6.57. The van der Waals surface area contributed by atoms with Crippen molar-refractivity contribution in [2.24, 2.45) is 0 Å². The number of rotatable bonds is 3. The van der Waals surface area contributed by atoms with E-state index in [-0.39, 0.29) is 11.1 Å². The van der Waals surface area contributed by atoms with Gasteiger partial charge in [-0.3, -0.25) is 9.59 Å². The normalized spacial score (nSPS) is 15.5. The third-order valence-electron chi connectivity index (χ3n) is 5.45.